The predicted octanol–water partition coefficient (Wildman–Crippen LogP) is 4.89. The molecule has 2 aromatic carbocycles. The number of carbonyl (C=O) groups is 3. The van der Waals surface area contributed by atoms with Gasteiger partial charge in [-0.15, -0.1) is 0 Å². The van der Waals surface area contributed by atoms with Crippen molar-refractivity contribution < 1.29 is 28.6 Å². The largest absolute Gasteiger partial charge is 0.478 e. The molecule has 2 heterocycles. The van der Waals surface area contributed by atoms with Crippen molar-refractivity contribution in [2.45, 2.75) is 6.92 Å². The lowest BCUT2D eigenvalue weighted by Gasteiger charge is -2.12. The molecule has 0 radical (unpaired) electrons. The van der Waals surface area contributed by atoms with E-state index in [-0.39, 0.29) is 16.3 Å². The quantitative estimate of drug-likeness (QED) is 0.425. The third kappa shape index (κ3) is 4.28. The van der Waals surface area contributed by atoms with Gasteiger partial charge in [-0.05, 0) is 55.5 Å². The number of esters is 1. The Morgan fingerprint density at radius 1 is 1.12 bits per heavy atom. The van der Waals surface area contributed by atoms with E-state index >= 15 is 0 Å². The number of ether oxygens (including phenoxy) is 1. The lowest BCUT2D eigenvalue weighted by atomic mass is 10.1. The fraction of sp³-hybridized carbons (Fsp3) is 0.0833. The van der Waals surface area contributed by atoms with E-state index in [2.05, 4.69) is 5.10 Å². The van der Waals surface area contributed by atoms with Gasteiger partial charge in [-0.2, -0.15) is 10.1 Å². The van der Waals surface area contributed by atoms with E-state index in [0.717, 1.165) is 10.6 Å². The molecular formula is C24H17ClN2O6. The number of hydrogen-bond acceptors (Lipinski definition) is 6. The van der Waals surface area contributed by atoms with E-state index in [0.29, 0.717) is 28.4 Å². The molecule has 0 fully saturated rings. The highest BCUT2D eigenvalue weighted by atomic mass is 35.5. The number of carboxylic acid groups (broad SMARTS) is 1. The highest BCUT2D eigenvalue weighted by molar-refractivity contribution is 6.34. The number of hydrogen-bond donors (Lipinski definition) is 1. The monoisotopic (exact) mass is 464 g/mol. The highest BCUT2D eigenvalue weighted by Gasteiger charge is 2.30. The molecule has 4 rings (SSSR count). The van der Waals surface area contributed by atoms with Gasteiger partial charge in [0.05, 0.1) is 40.2 Å². The maximum absolute atomic E-state index is 13.0. The zero-order valence-electron chi connectivity index (χ0n) is 17.5. The van der Waals surface area contributed by atoms with Crippen LogP contribution in [0.5, 0.6) is 0 Å². The van der Waals surface area contributed by atoms with Crippen LogP contribution in [0, 0.1) is 0 Å². The summed E-state index contributed by atoms with van der Waals surface area (Å²) in [4.78, 5) is 35.9. The van der Waals surface area contributed by atoms with Crippen LogP contribution in [0.3, 0.4) is 0 Å². The van der Waals surface area contributed by atoms with Crippen LogP contribution in [0.15, 0.2) is 69.7 Å². The number of carbonyl (C=O) groups excluding carboxylic acids is 2. The Kier molecular flexibility index (Phi) is 5.85. The lowest BCUT2D eigenvalue weighted by molar-refractivity contribution is -0.114. The smallest absolute Gasteiger partial charge is 0.337 e. The van der Waals surface area contributed by atoms with Crippen LogP contribution < -0.4 is 5.01 Å². The minimum Gasteiger partial charge on any atom is -0.478 e. The molecule has 8 nitrogen and oxygen atoms in total. The summed E-state index contributed by atoms with van der Waals surface area (Å²) in [6.45, 7) is 1.67. The van der Waals surface area contributed by atoms with Crippen LogP contribution in [-0.2, 0) is 9.53 Å². The van der Waals surface area contributed by atoms with E-state index in [9.17, 15) is 19.5 Å². The molecule has 166 valence electrons. The van der Waals surface area contributed by atoms with Gasteiger partial charge in [0.25, 0.3) is 5.91 Å². The molecule has 9 heteroatoms. The summed E-state index contributed by atoms with van der Waals surface area (Å²) in [6.07, 6.45) is 1.57. The number of halogens is 1. The van der Waals surface area contributed by atoms with Gasteiger partial charge in [0.1, 0.15) is 11.5 Å². The predicted molar refractivity (Wildman–Crippen MR) is 122 cm³/mol. The maximum atomic E-state index is 13.0. The third-order valence-electron chi connectivity index (χ3n) is 4.99. The van der Waals surface area contributed by atoms with Crippen molar-refractivity contribution in [3.8, 4) is 11.3 Å². The van der Waals surface area contributed by atoms with Gasteiger partial charge < -0.3 is 14.3 Å². The van der Waals surface area contributed by atoms with Crippen molar-refractivity contribution >= 4 is 46.9 Å². The lowest BCUT2D eigenvalue weighted by Crippen LogP contribution is -2.21. The number of nitrogens with zero attached hydrogens (tertiary/aromatic N) is 2. The van der Waals surface area contributed by atoms with Gasteiger partial charge in [0, 0.05) is 5.56 Å². The molecule has 1 amide bonds. The summed E-state index contributed by atoms with van der Waals surface area (Å²) in [6, 6.07) is 14.4. The fourth-order valence-corrected chi connectivity index (χ4v) is 3.48. The Morgan fingerprint density at radius 2 is 1.85 bits per heavy atom. The van der Waals surface area contributed by atoms with Crippen molar-refractivity contribution in [3.05, 3.63) is 82.1 Å². The van der Waals surface area contributed by atoms with Gasteiger partial charge in [-0.25, -0.2) is 9.59 Å². The Bertz CT molecular complexity index is 1340. The molecule has 0 atom stereocenters. The highest BCUT2D eigenvalue weighted by Crippen LogP contribution is 2.30. The Labute approximate surface area is 193 Å². The van der Waals surface area contributed by atoms with Gasteiger partial charge >= 0.3 is 11.9 Å². The number of rotatable bonds is 5. The molecule has 0 saturated heterocycles. The van der Waals surface area contributed by atoms with E-state index in [4.69, 9.17) is 20.8 Å². The molecule has 0 bridgehead atoms. The van der Waals surface area contributed by atoms with E-state index in [1.54, 1.807) is 49.4 Å². The van der Waals surface area contributed by atoms with Gasteiger partial charge in [0.2, 0.25) is 0 Å². The molecular weight excluding hydrogens is 448 g/mol. The van der Waals surface area contributed by atoms with Crippen molar-refractivity contribution in [2.24, 2.45) is 5.10 Å². The standard InChI is InChI=1S/C24H17ClN2O6/c1-13-18(22(28)27(26-13)16-7-9-20(25)19(11-16)23(29)30)12-17-8-10-21(33-17)14-3-5-15(6-4-14)24(31)32-2/h3-12H,1-2H3,(H,29,30)/b18-12+. The molecule has 1 aliphatic heterocycles. The van der Waals surface area contributed by atoms with Crippen LogP contribution in [0.25, 0.3) is 17.4 Å². The van der Waals surface area contributed by atoms with Gasteiger partial charge in [0.15, 0.2) is 0 Å². The molecule has 33 heavy (non-hydrogen) atoms. The van der Waals surface area contributed by atoms with Crippen LogP contribution in [0.2, 0.25) is 5.02 Å². The minimum atomic E-state index is -1.20. The Hall–Kier alpha value is -4.17. The number of amides is 1. The summed E-state index contributed by atoms with van der Waals surface area (Å²) in [7, 11) is 1.32. The van der Waals surface area contributed by atoms with Gasteiger partial charge in [-0.1, -0.05) is 23.7 Å². The minimum absolute atomic E-state index is 0.0668. The summed E-state index contributed by atoms with van der Waals surface area (Å²) < 4.78 is 10.5. The average Bonchev–Trinajstić information content (AvgIpc) is 3.39. The number of hydrazone groups is 1. The topological polar surface area (TPSA) is 109 Å². The first-order valence-electron chi connectivity index (χ1n) is 9.71. The van der Waals surface area contributed by atoms with E-state index < -0.39 is 17.8 Å². The first-order valence-corrected chi connectivity index (χ1v) is 10.1. The number of furan rings is 1. The fourth-order valence-electron chi connectivity index (χ4n) is 3.28. The second-order valence-electron chi connectivity index (χ2n) is 7.10. The summed E-state index contributed by atoms with van der Waals surface area (Å²) in [5, 5.41) is 14.7. The molecule has 3 aromatic rings. The van der Waals surface area contributed by atoms with E-state index in [1.807, 2.05) is 0 Å². The number of benzene rings is 2. The zero-order chi connectivity index (χ0) is 23.7. The van der Waals surface area contributed by atoms with Crippen molar-refractivity contribution in [1.82, 2.24) is 0 Å². The molecule has 0 unspecified atom stereocenters. The number of methoxy groups -OCH3 is 1. The number of carboxylic acids is 1. The Balaban J connectivity index is 1.58. The van der Waals surface area contributed by atoms with Crippen molar-refractivity contribution in [1.29, 1.82) is 0 Å². The molecule has 0 aliphatic carbocycles. The molecule has 0 saturated carbocycles. The van der Waals surface area contributed by atoms with Crippen LogP contribution in [-0.4, -0.2) is 35.8 Å². The van der Waals surface area contributed by atoms with Gasteiger partial charge in [-0.3, -0.25) is 4.79 Å². The maximum Gasteiger partial charge on any atom is 0.337 e. The molecule has 1 aliphatic rings. The third-order valence-corrected chi connectivity index (χ3v) is 5.32. The molecule has 1 N–H and O–H groups in total. The molecule has 1 aromatic heterocycles. The van der Waals surface area contributed by atoms with Crippen molar-refractivity contribution in [3.63, 3.8) is 0 Å². The van der Waals surface area contributed by atoms with E-state index in [1.165, 1.54) is 25.3 Å². The number of aromatic carboxylic acids is 1. The zero-order valence-corrected chi connectivity index (χ0v) is 18.3. The SMILES string of the molecule is COC(=O)c1ccc(-c2ccc(/C=C3/C(=O)N(c4ccc(Cl)c(C(=O)O)c4)N=C3C)o2)cc1. The summed E-state index contributed by atoms with van der Waals surface area (Å²) >= 11 is 5.92. The first kappa shape index (κ1) is 22.0. The van der Waals surface area contributed by atoms with Crippen molar-refractivity contribution in [2.75, 3.05) is 12.1 Å². The van der Waals surface area contributed by atoms with Crippen LogP contribution in [0.4, 0.5) is 5.69 Å². The summed E-state index contributed by atoms with van der Waals surface area (Å²) in [5.74, 6) is -1.07. The number of anilines is 1. The summed E-state index contributed by atoms with van der Waals surface area (Å²) in [5.41, 5.74) is 2.10. The average molecular weight is 465 g/mol. The van der Waals surface area contributed by atoms with Crippen LogP contribution in [0.1, 0.15) is 33.4 Å². The van der Waals surface area contributed by atoms with Crippen LogP contribution >= 0.6 is 11.6 Å². The second kappa shape index (κ2) is 8.76. The second-order valence-corrected chi connectivity index (χ2v) is 7.51. The Morgan fingerprint density at radius 3 is 2.52 bits per heavy atom. The normalized spacial score (nSPS) is 14.5. The first-order chi connectivity index (χ1) is 15.8. The molecule has 0 spiro atoms.